The number of hydrogen-bond acceptors (Lipinski definition) is 6. The Morgan fingerprint density at radius 3 is 2.20 bits per heavy atom. The topological polar surface area (TPSA) is 90.4 Å². The van der Waals surface area contributed by atoms with Gasteiger partial charge in [-0.25, -0.2) is 0 Å². The molecule has 8 nitrogen and oxygen atoms in total. The second-order valence-corrected chi connectivity index (χ2v) is 13.0. The van der Waals surface area contributed by atoms with Gasteiger partial charge in [-0.15, -0.1) is 11.8 Å². The van der Waals surface area contributed by atoms with E-state index in [1.165, 1.54) is 0 Å². The number of benzene rings is 2. The second kappa shape index (κ2) is 10.7. The van der Waals surface area contributed by atoms with Crippen molar-refractivity contribution in [1.82, 2.24) is 4.90 Å². The zero-order chi connectivity index (χ0) is 28.8. The van der Waals surface area contributed by atoms with Gasteiger partial charge < -0.3 is 24.5 Å². The Balaban J connectivity index is 1.44. The average molecular weight is 574 g/mol. The van der Waals surface area contributed by atoms with Crippen LogP contribution >= 0.6 is 11.8 Å². The van der Waals surface area contributed by atoms with Crippen LogP contribution < -0.4 is 14.5 Å². The van der Waals surface area contributed by atoms with Crippen LogP contribution in [0.4, 0.5) is 11.4 Å². The summed E-state index contributed by atoms with van der Waals surface area (Å²) >= 11 is 1.58. The van der Waals surface area contributed by atoms with Gasteiger partial charge in [-0.1, -0.05) is 42.5 Å². The van der Waals surface area contributed by atoms with Crippen LogP contribution in [0.5, 0.6) is 5.75 Å². The molecule has 1 unspecified atom stereocenters. The number of carbonyl (C=O) groups excluding carboxylic acids is 3. The van der Waals surface area contributed by atoms with Crippen molar-refractivity contribution in [2.45, 2.75) is 35.3 Å². The molecular formula is C32H35N3O5S. The third-order valence-corrected chi connectivity index (χ3v) is 10.6. The van der Waals surface area contributed by atoms with Crippen LogP contribution in [0.25, 0.3) is 0 Å². The molecule has 0 radical (unpaired) electrons. The van der Waals surface area contributed by atoms with Gasteiger partial charge in [-0.2, -0.15) is 0 Å². The molecule has 4 aliphatic rings. The Kier molecular flexibility index (Phi) is 7.20. The van der Waals surface area contributed by atoms with E-state index in [1.807, 2.05) is 79.7 Å². The van der Waals surface area contributed by atoms with Gasteiger partial charge in [0.1, 0.15) is 11.8 Å². The highest BCUT2D eigenvalue weighted by Gasteiger charge is 2.73. The van der Waals surface area contributed by atoms with Crippen molar-refractivity contribution < 1.29 is 24.2 Å². The molecule has 214 valence electrons. The van der Waals surface area contributed by atoms with Crippen molar-refractivity contribution in [2.75, 3.05) is 43.2 Å². The molecule has 0 aromatic heterocycles. The number of methoxy groups -OCH3 is 1. The molecule has 2 aromatic rings. The van der Waals surface area contributed by atoms with Crippen molar-refractivity contribution in [3.05, 3.63) is 78.9 Å². The van der Waals surface area contributed by atoms with E-state index >= 15 is 0 Å². The van der Waals surface area contributed by atoms with Crippen LogP contribution in [-0.4, -0.2) is 76.6 Å². The SMILES string of the molecule is COc1ccc(N2CC=C[C@]34S[C@@]5(C)C=CCN(c6ccccc6)C(=O)[C@H]5[C@H]3C(=O)N(CCCCO)C4C2=O)cc1. The minimum absolute atomic E-state index is 0.0118. The quantitative estimate of drug-likeness (QED) is 0.402. The van der Waals surface area contributed by atoms with Crippen molar-refractivity contribution in [1.29, 1.82) is 0 Å². The molecule has 4 aliphatic heterocycles. The van der Waals surface area contributed by atoms with Crippen LogP contribution in [0.1, 0.15) is 19.8 Å². The smallest absolute Gasteiger partial charge is 0.251 e. The monoisotopic (exact) mass is 573 g/mol. The van der Waals surface area contributed by atoms with Crippen LogP contribution in [0.2, 0.25) is 0 Å². The zero-order valence-electron chi connectivity index (χ0n) is 23.3. The fraction of sp³-hybridized carbons (Fsp3) is 0.406. The predicted molar refractivity (Wildman–Crippen MR) is 160 cm³/mol. The maximum atomic E-state index is 14.5. The molecule has 2 fully saturated rings. The van der Waals surface area contributed by atoms with Gasteiger partial charge in [0.05, 0.1) is 23.7 Å². The maximum absolute atomic E-state index is 14.5. The molecule has 2 saturated heterocycles. The summed E-state index contributed by atoms with van der Waals surface area (Å²) in [6, 6.07) is 16.1. The van der Waals surface area contributed by atoms with E-state index < -0.39 is 27.4 Å². The molecule has 5 atom stereocenters. The summed E-state index contributed by atoms with van der Waals surface area (Å²) in [4.78, 5) is 48.6. The number of hydrogen-bond donors (Lipinski definition) is 1. The average Bonchev–Trinajstić information content (AvgIpc) is 3.24. The fourth-order valence-corrected chi connectivity index (χ4v) is 9.15. The number of likely N-dealkylation sites (tertiary alicyclic amines) is 1. The van der Waals surface area contributed by atoms with E-state index in [0.717, 1.165) is 11.4 Å². The van der Waals surface area contributed by atoms with E-state index in [-0.39, 0.29) is 24.3 Å². The number of para-hydroxylation sites is 1. The molecule has 0 saturated carbocycles. The van der Waals surface area contributed by atoms with Gasteiger partial charge in [0, 0.05) is 42.4 Å². The van der Waals surface area contributed by atoms with Crippen molar-refractivity contribution in [3.8, 4) is 5.75 Å². The summed E-state index contributed by atoms with van der Waals surface area (Å²) in [7, 11) is 1.60. The molecule has 0 aliphatic carbocycles. The summed E-state index contributed by atoms with van der Waals surface area (Å²) < 4.78 is 3.73. The summed E-state index contributed by atoms with van der Waals surface area (Å²) in [5.41, 5.74) is 1.51. The number of aliphatic hydroxyl groups is 1. The first-order valence-electron chi connectivity index (χ1n) is 14.1. The van der Waals surface area contributed by atoms with Crippen molar-refractivity contribution in [2.24, 2.45) is 11.8 Å². The summed E-state index contributed by atoms with van der Waals surface area (Å²) in [5, 5.41) is 9.46. The van der Waals surface area contributed by atoms with E-state index in [9.17, 15) is 19.5 Å². The summed E-state index contributed by atoms with van der Waals surface area (Å²) in [6.07, 6.45) is 9.19. The fourth-order valence-electron chi connectivity index (χ4n) is 6.99. The number of anilines is 2. The Bertz CT molecular complexity index is 1400. The number of fused-ring (bicyclic) bond motifs is 2. The highest BCUT2D eigenvalue weighted by Crippen LogP contribution is 2.65. The molecule has 2 aromatic carbocycles. The van der Waals surface area contributed by atoms with Gasteiger partial charge >= 0.3 is 0 Å². The van der Waals surface area contributed by atoms with Crippen LogP contribution in [-0.2, 0) is 14.4 Å². The second-order valence-electron chi connectivity index (χ2n) is 11.2. The first-order chi connectivity index (χ1) is 19.8. The number of thioether (sulfide) groups is 1. The van der Waals surface area contributed by atoms with Crippen molar-refractivity contribution in [3.63, 3.8) is 0 Å². The standard InChI is InChI=1S/C32H35N3O5S/c1-31-16-8-19-33(22-10-4-3-5-11-22)28(37)25(31)26-29(38)35(18-6-7-21-36)27-30(39)34(20-9-17-32(26,27)41-31)23-12-14-24(40-2)15-13-23/h3-5,8-17,25-27,36H,6-7,18-21H2,1-2H3/t25-,26+,27?,31+,32+/m1/s1. The summed E-state index contributed by atoms with van der Waals surface area (Å²) in [6.45, 7) is 3.17. The minimum atomic E-state index is -0.909. The lowest BCUT2D eigenvalue weighted by Crippen LogP contribution is -2.53. The van der Waals surface area contributed by atoms with Crippen LogP contribution in [0.15, 0.2) is 78.9 Å². The lowest BCUT2D eigenvalue weighted by molar-refractivity contribution is -0.139. The molecule has 6 rings (SSSR count). The highest BCUT2D eigenvalue weighted by atomic mass is 32.2. The minimum Gasteiger partial charge on any atom is -0.497 e. The first kappa shape index (κ1) is 27.6. The van der Waals surface area contributed by atoms with Gasteiger partial charge in [-0.05, 0) is 56.2 Å². The number of aliphatic hydroxyl groups excluding tert-OH is 1. The third kappa shape index (κ3) is 4.37. The predicted octanol–water partition coefficient (Wildman–Crippen LogP) is 3.66. The third-order valence-electron chi connectivity index (χ3n) is 8.82. The number of rotatable bonds is 7. The van der Waals surface area contributed by atoms with E-state index in [2.05, 4.69) is 6.08 Å². The van der Waals surface area contributed by atoms with E-state index in [1.54, 1.807) is 33.6 Å². The van der Waals surface area contributed by atoms with E-state index in [4.69, 9.17) is 4.74 Å². The molecule has 9 heteroatoms. The highest BCUT2D eigenvalue weighted by molar-refractivity contribution is 8.02. The Morgan fingerprint density at radius 1 is 0.854 bits per heavy atom. The largest absolute Gasteiger partial charge is 0.497 e. The molecule has 1 N–H and O–H groups in total. The van der Waals surface area contributed by atoms with Crippen LogP contribution in [0.3, 0.4) is 0 Å². The van der Waals surface area contributed by atoms with Gasteiger partial charge in [0.2, 0.25) is 11.8 Å². The van der Waals surface area contributed by atoms with Crippen molar-refractivity contribution >= 4 is 40.9 Å². The Labute approximate surface area is 244 Å². The molecule has 0 bridgehead atoms. The van der Waals surface area contributed by atoms with Gasteiger partial charge in [0.15, 0.2) is 0 Å². The summed E-state index contributed by atoms with van der Waals surface area (Å²) in [5.74, 6) is -1.08. The first-order valence-corrected chi connectivity index (χ1v) is 14.9. The van der Waals surface area contributed by atoms with Gasteiger partial charge in [-0.3, -0.25) is 14.4 Å². The zero-order valence-corrected chi connectivity index (χ0v) is 24.1. The lowest BCUT2D eigenvalue weighted by Gasteiger charge is -2.37. The maximum Gasteiger partial charge on any atom is 0.251 e. The molecular weight excluding hydrogens is 538 g/mol. The lowest BCUT2D eigenvalue weighted by atomic mass is 9.74. The van der Waals surface area contributed by atoms with Gasteiger partial charge in [0.25, 0.3) is 5.91 Å². The number of nitrogens with zero attached hydrogens (tertiary/aromatic N) is 3. The molecule has 3 amide bonds. The van der Waals surface area contributed by atoms with E-state index in [0.29, 0.717) is 38.2 Å². The van der Waals surface area contributed by atoms with Crippen LogP contribution in [0, 0.1) is 11.8 Å². The number of unbranched alkanes of at least 4 members (excludes halogenated alkanes) is 1. The number of ether oxygens (including phenoxy) is 1. The Hall–Kier alpha value is -3.56. The molecule has 4 heterocycles. The molecule has 41 heavy (non-hydrogen) atoms. The normalized spacial score (nSPS) is 30.7. The number of carbonyl (C=O) groups is 3. The Morgan fingerprint density at radius 2 is 1.51 bits per heavy atom. The number of amides is 3. The molecule has 1 spiro atoms.